The zero-order valence-electron chi connectivity index (χ0n) is 10.5. The van der Waals surface area contributed by atoms with Crippen molar-refractivity contribution in [3.8, 4) is 0 Å². The number of rotatable bonds is 2. The molecule has 3 nitrogen and oxygen atoms in total. The van der Waals surface area contributed by atoms with Gasteiger partial charge in [0.15, 0.2) is 0 Å². The van der Waals surface area contributed by atoms with E-state index in [1.54, 1.807) is 0 Å². The largest absolute Gasteiger partial charge is 0.388 e. The second-order valence-corrected chi connectivity index (χ2v) is 6.00. The Morgan fingerprint density at radius 1 is 1.38 bits per heavy atom. The molecular formula is C13H26N2O. The van der Waals surface area contributed by atoms with Crippen molar-refractivity contribution in [3.63, 3.8) is 0 Å². The summed E-state index contributed by atoms with van der Waals surface area (Å²) < 4.78 is 0. The molecule has 16 heavy (non-hydrogen) atoms. The number of β-amino-alcohol motifs (C(OH)–C–C–N with tert-alkyl or cyclic N) is 1. The average molecular weight is 226 g/mol. The minimum atomic E-state index is -0.561. The number of nitrogens with two attached hydrogens (primary N) is 1. The topological polar surface area (TPSA) is 58.3 Å². The van der Waals surface area contributed by atoms with Crippen molar-refractivity contribution in [2.45, 2.75) is 51.0 Å². The molecule has 2 rings (SSSR count). The van der Waals surface area contributed by atoms with E-state index in [0.29, 0.717) is 12.5 Å². The van der Waals surface area contributed by atoms with Gasteiger partial charge < -0.3 is 16.2 Å². The summed E-state index contributed by atoms with van der Waals surface area (Å²) in [5.41, 5.74) is 5.44. The van der Waals surface area contributed by atoms with Crippen LogP contribution in [0.3, 0.4) is 0 Å². The van der Waals surface area contributed by atoms with Crippen LogP contribution < -0.4 is 11.1 Å². The van der Waals surface area contributed by atoms with Gasteiger partial charge in [0.25, 0.3) is 0 Å². The van der Waals surface area contributed by atoms with E-state index >= 15 is 0 Å². The van der Waals surface area contributed by atoms with Crippen LogP contribution >= 0.6 is 0 Å². The van der Waals surface area contributed by atoms with Crippen molar-refractivity contribution in [2.75, 3.05) is 19.6 Å². The van der Waals surface area contributed by atoms with E-state index in [4.69, 9.17) is 5.73 Å². The molecule has 2 aliphatic rings. The Kier molecular flexibility index (Phi) is 3.57. The number of piperidine rings is 1. The third kappa shape index (κ3) is 2.01. The second kappa shape index (κ2) is 4.63. The second-order valence-electron chi connectivity index (χ2n) is 6.00. The first-order valence-electron chi connectivity index (χ1n) is 6.75. The summed E-state index contributed by atoms with van der Waals surface area (Å²) in [7, 11) is 0. The van der Waals surface area contributed by atoms with Gasteiger partial charge in [-0.15, -0.1) is 0 Å². The van der Waals surface area contributed by atoms with Crippen LogP contribution in [-0.2, 0) is 0 Å². The van der Waals surface area contributed by atoms with Crippen LogP contribution in [0.5, 0.6) is 0 Å². The van der Waals surface area contributed by atoms with E-state index in [2.05, 4.69) is 12.2 Å². The lowest BCUT2D eigenvalue weighted by Gasteiger charge is -2.52. The summed E-state index contributed by atoms with van der Waals surface area (Å²) in [6, 6.07) is 0. The molecule has 0 aromatic heterocycles. The summed E-state index contributed by atoms with van der Waals surface area (Å²) >= 11 is 0. The maximum atomic E-state index is 10.9. The Labute approximate surface area is 98.8 Å². The smallest absolute Gasteiger partial charge is 0.0839 e. The van der Waals surface area contributed by atoms with Crippen LogP contribution in [0, 0.1) is 11.3 Å². The van der Waals surface area contributed by atoms with E-state index in [9.17, 15) is 5.11 Å². The van der Waals surface area contributed by atoms with Gasteiger partial charge in [0.2, 0.25) is 0 Å². The minimum absolute atomic E-state index is 0.0297. The Balaban J connectivity index is 2.18. The van der Waals surface area contributed by atoms with Gasteiger partial charge in [0, 0.05) is 18.5 Å². The zero-order chi connectivity index (χ0) is 11.6. The molecule has 0 amide bonds. The van der Waals surface area contributed by atoms with Crippen molar-refractivity contribution in [1.82, 2.24) is 5.32 Å². The number of nitrogens with one attached hydrogen (secondary N) is 1. The number of aliphatic hydroxyl groups is 1. The van der Waals surface area contributed by atoms with Gasteiger partial charge in [-0.1, -0.05) is 19.8 Å². The Morgan fingerprint density at radius 2 is 2.19 bits per heavy atom. The van der Waals surface area contributed by atoms with Gasteiger partial charge in [-0.05, 0) is 38.1 Å². The van der Waals surface area contributed by atoms with Gasteiger partial charge in [0.05, 0.1) is 5.60 Å². The third-order valence-corrected chi connectivity index (χ3v) is 4.83. The van der Waals surface area contributed by atoms with Crippen molar-refractivity contribution in [1.29, 1.82) is 0 Å². The molecule has 3 atom stereocenters. The van der Waals surface area contributed by atoms with Crippen LogP contribution in [0.1, 0.15) is 45.4 Å². The summed E-state index contributed by atoms with van der Waals surface area (Å²) in [6.07, 6.45) is 6.72. The first-order chi connectivity index (χ1) is 7.62. The van der Waals surface area contributed by atoms with Crippen LogP contribution in [0.15, 0.2) is 0 Å². The Morgan fingerprint density at radius 3 is 2.75 bits per heavy atom. The predicted molar refractivity (Wildman–Crippen MR) is 66.2 cm³/mol. The molecule has 0 aromatic rings. The molecule has 0 aromatic carbocycles. The normalized spacial score (nSPS) is 45.6. The fraction of sp³-hybridized carbons (Fsp3) is 1.00. The van der Waals surface area contributed by atoms with Gasteiger partial charge in [-0.25, -0.2) is 0 Å². The molecule has 4 N–H and O–H groups in total. The van der Waals surface area contributed by atoms with E-state index in [-0.39, 0.29) is 5.41 Å². The lowest BCUT2D eigenvalue weighted by atomic mass is 9.59. The molecule has 94 valence electrons. The molecule has 1 heterocycles. The molecule has 1 saturated heterocycles. The van der Waals surface area contributed by atoms with Gasteiger partial charge in [-0.3, -0.25) is 0 Å². The lowest BCUT2D eigenvalue weighted by Crippen LogP contribution is -2.61. The summed E-state index contributed by atoms with van der Waals surface area (Å²) in [6.45, 7) is 4.70. The monoisotopic (exact) mass is 226 g/mol. The van der Waals surface area contributed by atoms with Crippen LogP contribution in [0.4, 0.5) is 0 Å². The molecule has 1 saturated carbocycles. The Hall–Kier alpha value is -0.120. The van der Waals surface area contributed by atoms with Crippen molar-refractivity contribution in [3.05, 3.63) is 0 Å². The van der Waals surface area contributed by atoms with E-state index < -0.39 is 5.60 Å². The SMILES string of the molecule is CC1CCCC(CN)(C2(O)CCCNC2)C1. The molecule has 0 bridgehead atoms. The highest BCUT2D eigenvalue weighted by molar-refractivity contribution is 5.04. The predicted octanol–water partition coefficient (Wildman–Crippen LogP) is 1.26. The van der Waals surface area contributed by atoms with E-state index in [0.717, 1.165) is 38.8 Å². The highest BCUT2D eigenvalue weighted by Crippen LogP contribution is 2.48. The standard InChI is InChI=1S/C13H26N2O/c1-11-4-2-5-12(8-11,9-14)13(16)6-3-7-15-10-13/h11,15-16H,2-10,14H2,1H3. The van der Waals surface area contributed by atoms with E-state index in [1.807, 2.05) is 0 Å². The van der Waals surface area contributed by atoms with Crippen LogP contribution in [0.2, 0.25) is 0 Å². The fourth-order valence-corrected chi connectivity index (χ4v) is 3.80. The van der Waals surface area contributed by atoms with E-state index in [1.165, 1.54) is 12.8 Å². The highest BCUT2D eigenvalue weighted by Gasteiger charge is 2.50. The summed E-state index contributed by atoms with van der Waals surface area (Å²) in [5, 5.41) is 14.3. The summed E-state index contributed by atoms with van der Waals surface area (Å²) in [4.78, 5) is 0. The molecule has 0 spiro atoms. The molecule has 0 radical (unpaired) electrons. The zero-order valence-corrected chi connectivity index (χ0v) is 10.5. The average Bonchev–Trinajstić information content (AvgIpc) is 2.29. The maximum absolute atomic E-state index is 10.9. The Bertz CT molecular complexity index is 238. The molecular weight excluding hydrogens is 200 g/mol. The first-order valence-corrected chi connectivity index (χ1v) is 6.75. The first kappa shape index (κ1) is 12.3. The number of hydrogen-bond donors (Lipinski definition) is 3. The number of hydrogen-bond acceptors (Lipinski definition) is 3. The van der Waals surface area contributed by atoms with Gasteiger partial charge in [0.1, 0.15) is 0 Å². The lowest BCUT2D eigenvalue weighted by molar-refractivity contribution is -0.119. The van der Waals surface area contributed by atoms with Crippen molar-refractivity contribution >= 4 is 0 Å². The van der Waals surface area contributed by atoms with Crippen LogP contribution in [-0.4, -0.2) is 30.3 Å². The van der Waals surface area contributed by atoms with Gasteiger partial charge in [-0.2, -0.15) is 0 Å². The minimum Gasteiger partial charge on any atom is -0.388 e. The van der Waals surface area contributed by atoms with Gasteiger partial charge >= 0.3 is 0 Å². The van der Waals surface area contributed by atoms with Crippen LogP contribution in [0.25, 0.3) is 0 Å². The molecule has 1 aliphatic heterocycles. The molecule has 1 aliphatic carbocycles. The summed E-state index contributed by atoms with van der Waals surface area (Å²) in [5.74, 6) is 0.711. The third-order valence-electron chi connectivity index (χ3n) is 4.83. The fourth-order valence-electron chi connectivity index (χ4n) is 3.80. The van der Waals surface area contributed by atoms with Crippen molar-refractivity contribution < 1.29 is 5.11 Å². The maximum Gasteiger partial charge on any atom is 0.0839 e. The van der Waals surface area contributed by atoms with Crippen molar-refractivity contribution in [2.24, 2.45) is 17.1 Å². The molecule has 3 unspecified atom stereocenters. The molecule has 3 heteroatoms. The highest BCUT2D eigenvalue weighted by atomic mass is 16.3. The quantitative estimate of drug-likeness (QED) is 0.664. The molecule has 2 fully saturated rings.